The van der Waals surface area contributed by atoms with E-state index >= 15 is 0 Å². The molecule has 0 aromatic carbocycles. The van der Waals surface area contributed by atoms with E-state index in [0.717, 1.165) is 18.6 Å². The molecule has 2 rings (SSSR count). The first kappa shape index (κ1) is 21.2. The van der Waals surface area contributed by atoms with Gasteiger partial charge in [-0.05, 0) is 13.3 Å². The number of nitrogens with one attached hydrogen (secondary N) is 2. The molecule has 2 N–H and O–H groups in total. The SMILES string of the molecule is C=C(C)CNC(=NCC(=O)N(C)C)NC1C2CCOC2C1(C)C.I. The predicted molar refractivity (Wildman–Crippen MR) is 108 cm³/mol. The molecule has 0 radical (unpaired) electrons. The number of halogens is 1. The molecule has 24 heavy (non-hydrogen) atoms. The first-order valence-electron chi connectivity index (χ1n) is 8.24. The lowest BCUT2D eigenvalue weighted by molar-refractivity contribution is -0.127. The number of carbonyl (C=O) groups is 1. The summed E-state index contributed by atoms with van der Waals surface area (Å²) >= 11 is 0. The Morgan fingerprint density at radius 1 is 1.42 bits per heavy atom. The van der Waals surface area contributed by atoms with Crippen LogP contribution in [0.1, 0.15) is 27.2 Å². The van der Waals surface area contributed by atoms with Crippen LogP contribution in [0.5, 0.6) is 0 Å². The minimum Gasteiger partial charge on any atom is -0.377 e. The van der Waals surface area contributed by atoms with Crippen molar-refractivity contribution in [3.05, 3.63) is 12.2 Å². The molecule has 0 spiro atoms. The second-order valence-corrected chi connectivity index (χ2v) is 7.45. The van der Waals surface area contributed by atoms with Gasteiger partial charge in [0, 0.05) is 44.6 Å². The van der Waals surface area contributed by atoms with Crippen LogP contribution in [0.4, 0.5) is 0 Å². The number of amides is 1. The standard InChI is InChI=1S/C17H30N4O2.HI/c1-11(2)9-18-16(19-10-13(22)21(5)6)20-14-12-7-8-23-15(12)17(14,3)4;/h12,14-15H,1,7-10H2,2-6H3,(H2,18,19,20);1H. The lowest BCUT2D eigenvalue weighted by Gasteiger charge is -2.54. The van der Waals surface area contributed by atoms with Gasteiger partial charge in [-0.25, -0.2) is 4.99 Å². The van der Waals surface area contributed by atoms with Crippen molar-refractivity contribution in [1.82, 2.24) is 15.5 Å². The van der Waals surface area contributed by atoms with Crippen molar-refractivity contribution in [2.45, 2.75) is 39.3 Å². The summed E-state index contributed by atoms with van der Waals surface area (Å²) in [6.07, 6.45) is 1.40. The average Bonchev–Trinajstić information content (AvgIpc) is 2.92. The molecule has 1 aliphatic heterocycles. The zero-order valence-electron chi connectivity index (χ0n) is 15.4. The van der Waals surface area contributed by atoms with Crippen LogP contribution in [0.25, 0.3) is 0 Å². The summed E-state index contributed by atoms with van der Waals surface area (Å²) in [7, 11) is 3.48. The molecule has 1 aliphatic carbocycles. The van der Waals surface area contributed by atoms with Gasteiger partial charge in [0.15, 0.2) is 5.96 Å². The van der Waals surface area contributed by atoms with Gasteiger partial charge in [0.2, 0.25) is 5.91 Å². The van der Waals surface area contributed by atoms with Crippen LogP contribution in [0.2, 0.25) is 0 Å². The number of aliphatic imine (C=N–C) groups is 1. The number of hydrogen-bond acceptors (Lipinski definition) is 3. The number of carbonyl (C=O) groups excluding carboxylic acids is 1. The Balaban J connectivity index is 0.00000288. The van der Waals surface area contributed by atoms with Crippen LogP contribution in [-0.4, -0.2) is 62.7 Å². The topological polar surface area (TPSA) is 66.0 Å². The van der Waals surface area contributed by atoms with E-state index in [-0.39, 0.29) is 41.8 Å². The molecule has 1 saturated heterocycles. The van der Waals surface area contributed by atoms with Gasteiger partial charge < -0.3 is 20.3 Å². The summed E-state index contributed by atoms with van der Waals surface area (Å²) in [5, 5.41) is 6.77. The van der Waals surface area contributed by atoms with E-state index in [2.05, 4.69) is 36.1 Å². The molecule has 6 nitrogen and oxygen atoms in total. The fourth-order valence-corrected chi connectivity index (χ4v) is 3.44. The van der Waals surface area contributed by atoms with E-state index in [9.17, 15) is 4.79 Å². The highest BCUT2D eigenvalue weighted by Crippen LogP contribution is 2.52. The van der Waals surface area contributed by atoms with Gasteiger partial charge in [-0.15, -0.1) is 24.0 Å². The number of ether oxygens (including phenoxy) is 1. The van der Waals surface area contributed by atoms with Crippen molar-refractivity contribution in [3.8, 4) is 0 Å². The molecule has 3 unspecified atom stereocenters. The lowest BCUT2D eigenvalue weighted by atomic mass is 9.57. The third-order valence-electron chi connectivity index (χ3n) is 4.82. The molecule has 2 fully saturated rings. The average molecular weight is 450 g/mol. The summed E-state index contributed by atoms with van der Waals surface area (Å²) in [5.74, 6) is 1.18. The predicted octanol–water partition coefficient (Wildman–Crippen LogP) is 1.62. The fraction of sp³-hybridized carbons (Fsp3) is 0.765. The van der Waals surface area contributed by atoms with Crippen molar-refractivity contribution in [2.75, 3.05) is 33.8 Å². The maximum atomic E-state index is 11.8. The smallest absolute Gasteiger partial charge is 0.243 e. The van der Waals surface area contributed by atoms with E-state index in [1.165, 1.54) is 0 Å². The van der Waals surface area contributed by atoms with Crippen LogP contribution < -0.4 is 10.6 Å². The van der Waals surface area contributed by atoms with Gasteiger partial charge >= 0.3 is 0 Å². The zero-order valence-corrected chi connectivity index (χ0v) is 17.7. The molecule has 1 heterocycles. The Bertz CT molecular complexity index is 505. The molecule has 3 atom stereocenters. The van der Waals surface area contributed by atoms with Gasteiger partial charge in [-0.3, -0.25) is 4.79 Å². The third kappa shape index (κ3) is 4.62. The minimum atomic E-state index is -0.0172. The number of rotatable bonds is 5. The molecular formula is C17H31IN4O2. The first-order valence-corrected chi connectivity index (χ1v) is 8.24. The fourth-order valence-electron chi connectivity index (χ4n) is 3.44. The highest BCUT2D eigenvalue weighted by Gasteiger charge is 2.59. The van der Waals surface area contributed by atoms with E-state index in [4.69, 9.17) is 4.74 Å². The van der Waals surface area contributed by atoms with E-state index < -0.39 is 0 Å². The normalized spacial score (nSPS) is 27.4. The van der Waals surface area contributed by atoms with E-state index in [0.29, 0.717) is 30.6 Å². The minimum absolute atomic E-state index is 0. The Morgan fingerprint density at radius 2 is 2.08 bits per heavy atom. The summed E-state index contributed by atoms with van der Waals surface area (Å²) < 4.78 is 5.83. The summed E-state index contributed by atoms with van der Waals surface area (Å²) in [6, 6.07) is 0.306. The van der Waals surface area contributed by atoms with Crippen LogP contribution in [0.3, 0.4) is 0 Å². The van der Waals surface area contributed by atoms with Gasteiger partial charge in [0.05, 0.1) is 6.10 Å². The number of guanidine groups is 1. The van der Waals surface area contributed by atoms with Gasteiger partial charge in [-0.1, -0.05) is 26.0 Å². The number of nitrogens with zero attached hydrogens (tertiary/aromatic N) is 2. The van der Waals surface area contributed by atoms with Crippen LogP contribution in [-0.2, 0) is 9.53 Å². The van der Waals surface area contributed by atoms with Crippen molar-refractivity contribution >= 4 is 35.8 Å². The Kier molecular flexibility index (Phi) is 7.52. The first-order chi connectivity index (χ1) is 10.7. The summed E-state index contributed by atoms with van der Waals surface area (Å²) in [5.41, 5.74) is 1.09. The Labute approximate surface area is 162 Å². The molecule has 7 heteroatoms. The molecule has 1 amide bonds. The van der Waals surface area contributed by atoms with E-state index in [1.807, 2.05) is 6.92 Å². The number of likely N-dealkylation sites (N-methyl/N-ethyl adjacent to an activating group) is 1. The maximum absolute atomic E-state index is 11.8. The Hall–Kier alpha value is -0.830. The largest absolute Gasteiger partial charge is 0.377 e. The molecule has 0 aromatic rings. The molecule has 138 valence electrons. The number of hydrogen-bond donors (Lipinski definition) is 2. The zero-order chi connectivity index (χ0) is 17.2. The third-order valence-corrected chi connectivity index (χ3v) is 4.82. The van der Waals surface area contributed by atoms with Crippen molar-refractivity contribution in [3.63, 3.8) is 0 Å². The van der Waals surface area contributed by atoms with Crippen molar-refractivity contribution in [2.24, 2.45) is 16.3 Å². The van der Waals surface area contributed by atoms with Gasteiger partial charge in [0.25, 0.3) is 0 Å². The monoisotopic (exact) mass is 450 g/mol. The Morgan fingerprint density at radius 3 is 2.67 bits per heavy atom. The second kappa shape index (κ2) is 8.51. The van der Waals surface area contributed by atoms with Gasteiger partial charge in [0.1, 0.15) is 6.54 Å². The summed E-state index contributed by atoms with van der Waals surface area (Å²) in [6.45, 7) is 11.9. The maximum Gasteiger partial charge on any atom is 0.243 e. The second-order valence-electron chi connectivity index (χ2n) is 7.45. The van der Waals surface area contributed by atoms with E-state index in [1.54, 1.807) is 19.0 Å². The highest BCUT2D eigenvalue weighted by molar-refractivity contribution is 14.0. The molecule has 1 saturated carbocycles. The van der Waals surface area contributed by atoms with Crippen LogP contribution in [0.15, 0.2) is 17.1 Å². The molecule has 0 bridgehead atoms. The number of fused-ring (bicyclic) bond motifs is 1. The van der Waals surface area contributed by atoms with Crippen LogP contribution >= 0.6 is 24.0 Å². The van der Waals surface area contributed by atoms with Crippen molar-refractivity contribution in [1.29, 1.82) is 0 Å². The molecule has 2 aliphatic rings. The van der Waals surface area contributed by atoms with Gasteiger partial charge in [-0.2, -0.15) is 0 Å². The van der Waals surface area contributed by atoms with Crippen molar-refractivity contribution < 1.29 is 9.53 Å². The van der Waals surface area contributed by atoms with Crippen LogP contribution in [0, 0.1) is 11.3 Å². The quantitative estimate of drug-likeness (QED) is 0.289. The highest BCUT2D eigenvalue weighted by atomic mass is 127. The lowest BCUT2D eigenvalue weighted by Crippen LogP contribution is -2.68. The molecule has 0 aromatic heterocycles. The summed E-state index contributed by atoms with van der Waals surface area (Å²) in [4.78, 5) is 17.8. The molecular weight excluding hydrogens is 419 g/mol.